The van der Waals surface area contributed by atoms with E-state index in [4.69, 9.17) is 0 Å². The maximum Gasteiger partial charge on any atom is 0.241 e. The first-order valence-corrected chi connectivity index (χ1v) is 8.14. The molecule has 124 valence electrons. The molecule has 1 N–H and O–H groups in total. The highest BCUT2D eigenvalue weighted by atomic mass is 32.2. The van der Waals surface area contributed by atoms with Crippen LogP contribution in [-0.2, 0) is 16.6 Å². The number of benzene rings is 1. The second-order valence-corrected chi connectivity index (χ2v) is 6.85. The molecule has 0 amide bonds. The van der Waals surface area contributed by atoms with Gasteiger partial charge in [0.25, 0.3) is 0 Å². The molecule has 0 spiro atoms. The Labute approximate surface area is 133 Å². The summed E-state index contributed by atoms with van der Waals surface area (Å²) < 4.78 is 52.5. The maximum atomic E-state index is 13.2. The summed E-state index contributed by atoms with van der Waals surface area (Å²) in [7, 11) is -0.389. The smallest absolute Gasteiger partial charge is 0.241 e. The molecule has 0 aliphatic carbocycles. The highest BCUT2D eigenvalue weighted by Gasteiger charge is 2.17. The summed E-state index contributed by atoms with van der Waals surface area (Å²) in [6, 6.07) is 4.13. The molecular weight excluding hydrogens is 326 g/mol. The van der Waals surface area contributed by atoms with Gasteiger partial charge in [0.1, 0.15) is 11.6 Å². The second-order valence-electron chi connectivity index (χ2n) is 5.08. The lowest BCUT2D eigenvalue weighted by Gasteiger charge is -2.13. The maximum absolute atomic E-state index is 13.2. The SMILES string of the molecule is Cc1cc(N(C)C)nc(CNS(=O)(=O)c2ccc(F)c(F)c2)n1. The van der Waals surface area contributed by atoms with Crippen LogP contribution in [0.2, 0.25) is 0 Å². The summed E-state index contributed by atoms with van der Waals surface area (Å²) in [4.78, 5) is 9.76. The summed E-state index contributed by atoms with van der Waals surface area (Å²) in [6.07, 6.45) is 0. The normalized spacial score (nSPS) is 11.5. The van der Waals surface area contributed by atoms with E-state index < -0.39 is 21.7 Å². The number of sulfonamides is 1. The fourth-order valence-corrected chi connectivity index (χ4v) is 2.80. The monoisotopic (exact) mass is 342 g/mol. The Morgan fingerprint density at radius 1 is 1.13 bits per heavy atom. The van der Waals surface area contributed by atoms with Crippen molar-refractivity contribution in [2.24, 2.45) is 0 Å². The van der Waals surface area contributed by atoms with Crippen molar-refractivity contribution in [3.05, 3.63) is 47.4 Å². The van der Waals surface area contributed by atoms with Crippen LogP contribution in [-0.4, -0.2) is 32.5 Å². The molecule has 1 aromatic heterocycles. The summed E-state index contributed by atoms with van der Waals surface area (Å²) in [5.74, 6) is -1.42. The van der Waals surface area contributed by atoms with Crippen molar-refractivity contribution in [2.45, 2.75) is 18.4 Å². The molecule has 0 unspecified atom stereocenters. The van der Waals surface area contributed by atoms with Crippen LogP contribution in [0, 0.1) is 18.6 Å². The molecule has 2 rings (SSSR count). The van der Waals surface area contributed by atoms with Crippen molar-refractivity contribution in [2.75, 3.05) is 19.0 Å². The molecule has 0 atom stereocenters. The van der Waals surface area contributed by atoms with E-state index >= 15 is 0 Å². The van der Waals surface area contributed by atoms with Crippen molar-refractivity contribution in [3.8, 4) is 0 Å². The average Bonchev–Trinajstić information content (AvgIpc) is 2.47. The van der Waals surface area contributed by atoms with Crippen molar-refractivity contribution in [1.82, 2.24) is 14.7 Å². The van der Waals surface area contributed by atoms with Crippen LogP contribution in [0.25, 0.3) is 0 Å². The van der Waals surface area contributed by atoms with Crippen LogP contribution in [0.1, 0.15) is 11.5 Å². The third-order valence-corrected chi connectivity index (χ3v) is 4.37. The zero-order chi connectivity index (χ0) is 17.2. The molecule has 2 aromatic rings. The van der Waals surface area contributed by atoms with Gasteiger partial charge >= 0.3 is 0 Å². The number of rotatable bonds is 5. The molecule has 23 heavy (non-hydrogen) atoms. The van der Waals surface area contributed by atoms with Gasteiger partial charge in [-0.3, -0.25) is 0 Å². The molecular formula is C14H16F2N4O2S. The van der Waals surface area contributed by atoms with Crippen LogP contribution in [0.4, 0.5) is 14.6 Å². The number of aryl methyl sites for hydroxylation is 1. The summed E-state index contributed by atoms with van der Waals surface area (Å²) in [6.45, 7) is 1.60. The number of aromatic nitrogens is 2. The minimum atomic E-state index is -3.99. The number of nitrogens with one attached hydrogen (secondary N) is 1. The van der Waals surface area contributed by atoms with Gasteiger partial charge in [0.05, 0.1) is 11.4 Å². The molecule has 1 heterocycles. The van der Waals surface area contributed by atoms with E-state index in [0.29, 0.717) is 17.6 Å². The summed E-state index contributed by atoms with van der Waals surface area (Å²) >= 11 is 0. The first-order valence-electron chi connectivity index (χ1n) is 6.65. The van der Waals surface area contributed by atoms with Crippen LogP contribution in [0.15, 0.2) is 29.2 Å². The lowest BCUT2D eigenvalue weighted by Crippen LogP contribution is -2.25. The lowest BCUT2D eigenvalue weighted by molar-refractivity contribution is 0.504. The number of hydrogen-bond donors (Lipinski definition) is 1. The Morgan fingerprint density at radius 2 is 1.83 bits per heavy atom. The average molecular weight is 342 g/mol. The number of nitrogens with zero attached hydrogens (tertiary/aromatic N) is 3. The predicted molar refractivity (Wildman–Crippen MR) is 81.5 cm³/mol. The number of anilines is 1. The minimum absolute atomic E-state index is 0.163. The number of hydrogen-bond acceptors (Lipinski definition) is 5. The lowest BCUT2D eigenvalue weighted by atomic mass is 10.3. The van der Waals surface area contributed by atoms with Crippen molar-refractivity contribution >= 4 is 15.8 Å². The third-order valence-electron chi connectivity index (χ3n) is 2.97. The molecule has 0 fully saturated rings. The van der Waals surface area contributed by atoms with E-state index in [-0.39, 0.29) is 17.3 Å². The fourth-order valence-electron chi connectivity index (χ4n) is 1.81. The standard InChI is InChI=1S/C14H16F2N4O2S/c1-9-6-14(20(2)3)19-13(18-9)8-17-23(21,22)10-4-5-11(15)12(16)7-10/h4-7,17H,8H2,1-3H3. The zero-order valence-electron chi connectivity index (χ0n) is 12.8. The van der Waals surface area contributed by atoms with Gasteiger partial charge in [-0.15, -0.1) is 0 Å². The molecule has 0 saturated carbocycles. The van der Waals surface area contributed by atoms with E-state index in [1.165, 1.54) is 0 Å². The Bertz CT molecular complexity index is 826. The van der Waals surface area contributed by atoms with Crippen molar-refractivity contribution in [3.63, 3.8) is 0 Å². The van der Waals surface area contributed by atoms with Crippen LogP contribution in [0.3, 0.4) is 0 Å². The first-order chi connectivity index (χ1) is 10.7. The Balaban J connectivity index is 2.20. The Morgan fingerprint density at radius 3 is 2.43 bits per heavy atom. The molecule has 9 heteroatoms. The molecule has 0 radical (unpaired) electrons. The van der Waals surface area contributed by atoms with Gasteiger partial charge in [-0.1, -0.05) is 0 Å². The highest BCUT2D eigenvalue weighted by Crippen LogP contribution is 2.14. The van der Waals surface area contributed by atoms with Gasteiger partial charge in [0.2, 0.25) is 10.0 Å². The van der Waals surface area contributed by atoms with Gasteiger partial charge in [-0.25, -0.2) is 31.9 Å². The van der Waals surface area contributed by atoms with E-state index in [2.05, 4.69) is 14.7 Å². The van der Waals surface area contributed by atoms with Crippen LogP contribution >= 0.6 is 0 Å². The first kappa shape index (κ1) is 17.2. The summed E-state index contributed by atoms with van der Waals surface area (Å²) in [5.41, 5.74) is 0.686. The van der Waals surface area contributed by atoms with Gasteiger partial charge in [0.15, 0.2) is 11.6 Å². The van der Waals surface area contributed by atoms with Crippen molar-refractivity contribution < 1.29 is 17.2 Å². The van der Waals surface area contributed by atoms with Gasteiger partial charge in [0, 0.05) is 25.9 Å². The largest absolute Gasteiger partial charge is 0.363 e. The van der Waals surface area contributed by atoms with E-state index in [1.54, 1.807) is 32.0 Å². The second kappa shape index (κ2) is 6.55. The highest BCUT2D eigenvalue weighted by molar-refractivity contribution is 7.89. The molecule has 0 aliphatic rings. The molecule has 0 saturated heterocycles. The quantitative estimate of drug-likeness (QED) is 0.893. The van der Waals surface area contributed by atoms with Gasteiger partial charge < -0.3 is 4.90 Å². The van der Waals surface area contributed by atoms with E-state index in [0.717, 1.165) is 12.1 Å². The van der Waals surface area contributed by atoms with E-state index in [9.17, 15) is 17.2 Å². The van der Waals surface area contributed by atoms with Gasteiger partial charge in [-0.05, 0) is 25.1 Å². The molecule has 0 aliphatic heterocycles. The predicted octanol–water partition coefficient (Wildman–Crippen LogP) is 1.61. The molecule has 6 nitrogen and oxygen atoms in total. The van der Waals surface area contributed by atoms with Crippen molar-refractivity contribution in [1.29, 1.82) is 0 Å². The van der Waals surface area contributed by atoms with Crippen LogP contribution < -0.4 is 9.62 Å². The Kier molecular flexibility index (Phi) is 4.90. The molecule has 1 aromatic carbocycles. The fraction of sp³-hybridized carbons (Fsp3) is 0.286. The van der Waals surface area contributed by atoms with Gasteiger partial charge in [-0.2, -0.15) is 0 Å². The number of halogens is 2. The minimum Gasteiger partial charge on any atom is -0.363 e. The summed E-state index contributed by atoms with van der Waals surface area (Å²) in [5, 5.41) is 0. The topological polar surface area (TPSA) is 75.2 Å². The van der Waals surface area contributed by atoms with E-state index in [1.807, 2.05) is 0 Å². The Hall–Kier alpha value is -2.13. The molecule has 0 bridgehead atoms. The zero-order valence-corrected chi connectivity index (χ0v) is 13.7. The third kappa shape index (κ3) is 4.20. The van der Waals surface area contributed by atoms with Crippen LogP contribution in [0.5, 0.6) is 0 Å².